The van der Waals surface area contributed by atoms with Crippen molar-refractivity contribution in [3.05, 3.63) is 35.4 Å². The highest BCUT2D eigenvalue weighted by atomic mass is 16.1. The van der Waals surface area contributed by atoms with Crippen molar-refractivity contribution in [1.29, 1.82) is 0 Å². The molecule has 1 fully saturated rings. The zero-order valence-electron chi connectivity index (χ0n) is 9.62. The number of carbonyl (C=O) groups is 1. The van der Waals surface area contributed by atoms with Gasteiger partial charge in [-0.1, -0.05) is 19.1 Å². The molecule has 1 amide bonds. The van der Waals surface area contributed by atoms with E-state index < -0.39 is 0 Å². The van der Waals surface area contributed by atoms with Gasteiger partial charge in [0.05, 0.1) is 0 Å². The summed E-state index contributed by atoms with van der Waals surface area (Å²) < 4.78 is 0. The standard InChI is InChI=1S/C13H18N2O/c1-2-10-3-5-12(6-4-10)13(16)15-9-11-7-14-8-11/h3-6,11,14H,2,7-9H2,1H3,(H,15,16). The molecule has 0 radical (unpaired) electrons. The molecule has 1 heterocycles. The predicted molar refractivity (Wildman–Crippen MR) is 64.5 cm³/mol. The van der Waals surface area contributed by atoms with Crippen LogP contribution in [0.2, 0.25) is 0 Å². The molecule has 0 spiro atoms. The van der Waals surface area contributed by atoms with Crippen molar-refractivity contribution >= 4 is 5.91 Å². The van der Waals surface area contributed by atoms with Gasteiger partial charge in [0, 0.05) is 31.1 Å². The van der Waals surface area contributed by atoms with E-state index in [1.54, 1.807) is 0 Å². The van der Waals surface area contributed by atoms with E-state index in [9.17, 15) is 4.79 Å². The van der Waals surface area contributed by atoms with Crippen molar-refractivity contribution in [3.8, 4) is 0 Å². The molecular formula is C13H18N2O. The molecule has 0 atom stereocenters. The van der Waals surface area contributed by atoms with Crippen LogP contribution in [0.15, 0.2) is 24.3 Å². The highest BCUT2D eigenvalue weighted by Crippen LogP contribution is 2.06. The Bertz CT molecular complexity index is 355. The molecule has 0 unspecified atom stereocenters. The first kappa shape index (κ1) is 11.1. The Morgan fingerprint density at radius 3 is 2.56 bits per heavy atom. The second kappa shape index (κ2) is 5.12. The van der Waals surface area contributed by atoms with E-state index in [1.165, 1.54) is 5.56 Å². The summed E-state index contributed by atoms with van der Waals surface area (Å²) in [6.45, 7) is 4.93. The molecular weight excluding hydrogens is 200 g/mol. The highest BCUT2D eigenvalue weighted by Gasteiger charge is 2.17. The van der Waals surface area contributed by atoms with Gasteiger partial charge in [0.1, 0.15) is 0 Å². The van der Waals surface area contributed by atoms with E-state index in [4.69, 9.17) is 0 Å². The van der Waals surface area contributed by atoms with Crippen LogP contribution in [0.25, 0.3) is 0 Å². The topological polar surface area (TPSA) is 41.1 Å². The maximum absolute atomic E-state index is 11.8. The summed E-state index contributed by atoms with van der Waals surface area (Å²) >= 11 is 0. The summed E-state index contributed by atoms with van der Waals surface area (Å²) in [6.07, 6.45) is 1.01. The molecule has 0 bridgehead atoms. The number of benzene rings is 1. The monoisotopic (exact) mass is 218 g/mol. The molecule has 1 saturated heterocycles. The number of hydrogen-bond donors (Lipinski definition) is 2. The van der Waals surface area contributed by atoms with Gasteiger partial charge in [-0.05, 0) is 24.1 Å². The second-order valence-corrected chi connectivity index (χ2v) is 4.28. The molecule has 3 nitrogen and oxygen atoms in total. The Labute approximate surface area is 96.2 Å². The SMILES string of the molecule is CCc1ccc(C(=O)NCC2CNC2)cc1. The Morgan fingerprint density at radius 2 is 2.06 bits per heavy atom. The van der Waals surface area contributed by atoms with Gasteiger partial charge in [-0.2, -0.15) is 0 Å². The lowest BCUT2D eigenvalue weighted by Crippen LogP contribution is -2.48. The maximum Gasteiger partial charge on any atom is 0.251 e. The fourth-order valence-corrected chi connectivity index (χ4v) is 1.72. The van der Waals surface area contributed by atoms with Gasteiger partial charge in [0.25, 0.3) is 5.91 Å². The molecule has 1 aromatic carbocycles. The summed E-state index contributed by atoms with van der Waals surface area (Å²) in [5, 5.41) is 6.15. The number of rotatable bonds is 4. The first-order valence-corrected chi connectivity index (χ1v) is 5.87. The average molecular weight is 218 g/mol. The predicted octanol–water partition coefficient (Wildman–Crippen LogP) is 1.20. The quantitative estimate of drug-likeness (QED) is 0.797. The Hall–Kier alpha value is -1.35. The van der Waals surface area contributed by atoms with Crippen molar-refractivity contribution < 1.29 is 4.79 Å². The number of carbonyl (C=O) groups excluding carboxylic acids is 1. The zero-order chi connectivity index (χ0) is 11.4. The molecule has 86 valence electrons. The Morgan fingerprint density at radius 1 is 1.38 bits per heavy atom. The van der Waals surface area contributed by atoms with Crippen LogP contribution in [0.5, 0.6) is 0 Å². The first-order chi connectivity index (χ1) is 7.79. The number of nitrogens with one attached hydrogen (secondary N) is 2. The van der Waals surface area contributed by atoms with Crippen LogP contribution in [-0.2, 0) is 6.42 Å². The van der Waals surface area contributed by atoms with Crippen molar-refractivity contribution in [2.75, 3.05) is 19.6 Å². The van der Waals surface area contributed by atoms with Crippen LogP contribution in [0.1, 0.15) is 22.8 Å². The van der Waals surface area contributed by atoms with Gasteiger partial charge in [-0.15, -0.1) is 0 Å². The minimum atomic E-state index is 0.0366. The lowest BCUT2D eigenvalue weighted by molar-refractivity contribution is 0.0942. The molecule has 0 aliphatic carbocycles. The zero-order valence-corrected chi connectivity index (χ0v) is 9.62. The van der Waals surface area contributed by atoms with E-state index in [1.807, 2.05) is 24.3 Å². The molecule has 0 saturated carbocycles. The summed E-state index contributed by atoms with van der Waals surface area (Å²) in [6, 6.07) is 7.82. The Balaban J connectivity index is 1.86. The van der Waals surface area contributed by atoms with Gasteiger partial charge >= 0.3 is 0 Å². The lowest BCUT2D eigenvalue weighted by atomic mass is 10.0. The number of aryl methyl sites for hydroxylation is 1. The van der Waals surface area contributed by atoms with Crippen LogP contribution in [0.3, 0.4) is 0 Å². The molecule has 1 aliphatic rings. The van der Waals surface area contributed by atoms with E-state index in [0.29, 0.717) is 5.92 Å². The van der Waals surface area contributed by atoms with E-state index in [0.717, 1.165) is 31.6 Å². The van der Waals surface area contributed by atoms with Gasteiger partial charge in [-0.3, -0.25) is 4.79 Å². The van der Waals surface area contributed by atoms with E-state index in [-0.39, 0.29) is 5.91 Å². The van der Waals surface area contributed by atoms with Crippen LogP contribution >= 0.6 is 0 Å². The number of amides is 1. The third-order valence-electron chi connectivity index (χ3n) is 3.04. The van der Waals surface area contributed by atoms with Crippen LogP contribution in [-0.4, -0.2) is 25.5 Å². The normalized spacial score (nSPS) is 15.6. The molecule has 3 heteroatoms. The minimum absolute atomic E-state index is 0.0366. The van der Waals surface area contributed by atoms with Crippen LogP contribution in [0.4, 0.5) is 0 Å². The second-order valence-electron chi connectivity index (χ2n) is 4.28. The molecule has 0 aromatic heterocycles. The molecule has 1 aliphatic heterocycles. The Kier molecular flexibility index (Phi) is 3.57. The van der Waals surface area contributed by atoms with Crippen molar-refractivity contribution in [1.82, 2.24) is 10.6 Å². The van der Waals surface area contributed by atoms with Crippen molar-refractivity contribution in [3.63, 3.8) is 0 Å². The van der Waals surface area contributed by atoms with E-state index in [2.05, 4.69) is 17.6 Å². The van der Waals surface area contributed by atoms with Crippen LogP contribution < -0.4 is 10.6 Å². The molecule has 2 N–H and O–H groups in total. The first-order valence-electron chi connectivity index (χ1n) is 5.87. The summed E-state index contributed by atoms with van der Waals surface area (Å²) in [7, 11) is 0. The van der Waals surface area contributed by atoms with Crippen molar-refractivity contribution in [2.45, 2.75) is 13.3 Å². The third kappa shape index (κ3) is 2.61. The summed E-state index contributed by atoms with van der Waals surface area (Å²) in [5.41, 5.74) is 2.02. The fraction of sp³-hybridized carbons (Fsp3) is 0.462. The molecule has 16 heavy (non-hydrogen) atoms. The van der Waals surface area contributed by atoms with Crippen molar-refractivity contribution in [2.24, 2.45) is 5.92 Å². The van der Waals surface area contributed by atoms with Crippen LogP contribution in [0, 0.1) is 5.92 Å². The van der Waals surface area contributed by atoms with Gasteiger partial charge in [-0.25, -0.2) is 0 Å². The lowest BCUT2D eigenvalue weighted by Gasteiger charge is -2.27. The smallest absolute Gasteiger partial charge is 0.251 e. The average Bonchev–Trinajstić information content (AvgIpc) is 2.27. The minimum Gasteiger partial charge on any atom is -0.352 e. The third-order valence-corrected chi connectivity index (χ3v) is 3.04. The van der Waals surface area contributed by atoms with Gasteiger partial charge < -0.3 is 10.6 Å². The summed E-state index contributed by atoms with van der Waals surface area (Å²) in [4.78, 5) is 11.8. The number of hydrogen-bond acceptors (Lipinski definition) is 2. The van der Waals surface area contributed by atoms with E-state index >= 15 is 0 Å². The summed E-state index contributed by atoms with van der Waals surface area (Å²) in [5.74, 6) is 0.647. The fourth-order valence-electron chi connectivity index (χ4n) is 1.72. The maximum atomic E-state index is 11.8. The van der Waals surface area contributed by atoms with Gasteiger partial charge in [0.2, 0.25) is 0 Å². The molecule has 1 aromatic rings. The molecule has 2 rings (SSSR count). The largest absolute Gasteiger partial charge is 0.352 e. The highest BCUT2D eigenvalue weighted by molar-refractivity contribution is 5.94. The van der Waals surface area contributed by atoms with Gasteiger partial charge in [0.15, 0.2) is 0 Å².